The molecule has 1 aliphatic carbocycles. The monoisotopic (exact) mass is 278 g/mol. The number of hydrogen-bond donors (Lipinski definition) is 3. The van der Waals surface area contributed by atoms with E-state index in [9.17, 15) is 14.0 Å². The molecule has 1 aromatic carbocycles. The Labute approximate surface area is 115 Å². The number of rotatable bonds is 5. The molecule has 0 spiro atoms. The molecule has 106 valence electrons. The van der Waals surface area contributed by atoms with Gasteiger partial charge in [0.05, 0.1) is 0 Å². The lowest BCUT2D eigenvalue weighted by Crippen LogP contribution is -2.36. The predicted molar refractivity (Wildman–Crippen MR) is 71.5 cm³/mol. The Morgan fingerprint density at radius 3 is 2.80 bits per heavy atom. The third-order valence-corrected chi connectivity index (χ3v) is 2.84. The molecule has 6 heteroatoms. The molecule has 0 atom stereocenters. The van der Waals surface area contributed by atoms with Gasteiger partial charge in [0, 0.05) is 24.2 Å². The van der Waals surface area contributed by atoms with Gasteiger partial charge in [0.25, 0.3) is 0 Å². The van der Waals surface area contributed by atoms with E-state index in [1.165, 1.54) is 24.3 Å². The van der Waals surface area contributed by atoms with E-state index in [1.807, 2.05) is 0 Å². The fourth-order valence-corrected chi connectivity index (χ4v) is 1.64. The first-order valence-electron chi connectivity index (χ1n) is 6.28. The minimum atomic E-state index is -1.07. The average Bonchev–Trinajstić information content (AvgIpc) is 3.20. The SMILES string of the molecule is O=C(O)C=Cc1ccc(F)c(CNC(=O)NC2CC2)c1. The average molecular weight is 278 g/mol. The topological polar surface area (TPSA) is 78.4 Å². The van der Waals surface area contributed by atoms with Crippen molar-refractivity contribution < 1.29 is 19.1 Å². The molecule has 2 amide bonds. The van der Waals surface area contributed by atoms with Crippen molar-refractivity contribution in [3.63, 3.8) is 0 Å². The highest BCUT2D eigenvalue weighted by Crippen LogP contribution is 2.18. The quantitative estimate of drug-likeness (QED) is 0.720. The van der Waals surface area contributed by atoms with Crippen molar-refractivity contribution in [1.29, 1.82) is 0 Å². The van der Waals surface area contributed by atoms with Crippen LogP contribution in [0.3, 0.4) is 0 Å². The molecule has 1 aliphatic rings. The summed E-state index contributed by atoms with van der Waals surface area (Å²) in [6.07, 6.45) is 4.31. The van der Waals surface area contributed by atoms with Gasteiger partial charge in [0.2, 0.25) is 0 Å². The normalized spacial score (nSPS) is 14.2. The number of amides is 2. The van der Waals surface area contributed by atoms with Crippen LogP contribution in [0.1, 0.15) is 24.0 Å². The molecule has 0 aliphatic heterocycles. The number of carboxylic acids is 1. The molecular weight excluding hydrogens is 263 g/mol. The van der Waals surface area contributed by atoms with Crippen molar-refractivity contribution in [2.75, 3.05) is 0 Å². The van der Waals surface area contributed by atoms with Gasteiger partial charge in [0.15, 0.2) is 0 Å². The van der Waals surface area contributed by atoms with Crippen molar-refractivity contribution >= 4 is 18.1 Å². The first kappa shape index (κ1) is 14.0. The summed E-state index contributed by atoms with van der Waals surface area (Å²) in [6, 6.07) is 4.15. The van der Waals surface area contributed by atoms with E-state index in [1.54, 1.807) is 0 Å². The molecule has 1 fully saturated rings. The van der Waals surface area contributed by atoms with Gasteiger partial charge < -0.3 is 15.7 Å². The zero-order valence-electron chi connectivity index (χ0n) is 10.7. The summed E-state index contributed by atoms with van der Waals surface area (Å²) in [5.74, 6) is -1.51. The van der Waals surface area contributed by atoms with Gasteiger partial charge >= 0.3 is 12.0 Å². The Morgan fingerprint density at radius 1 is 1.40 bits per heavy atom. The molecule has 0 aromatic heterocycles. The standard InChI is InChI=1S/C14H15FN2O3/c15-12-5-1-9(2-6-13(18)19)7-10(12)8-16-14(20)17-11-3-4-11/h1-2,5-7,11H,3-4,8H2,(H,18,19)(H2,16,17,20). The molecule has 0 heterocycles. The van der Waals surface area contributed by atoms with Crippen molar-refractivity contribution in [1.82, 2.24) is 10.6 Å². The smallest absolute Gasteiger partial charge is 0.328 e. The fourth-order valence-electron chi connectivity index (χ4n) is 1.64. The summed E-state index contributed by atoms with van der Waals surface area (Å²) in [6.45, 7) is 0.0547. The lowest BCUT2D eigenvalue weighted by molar-refractivity contribution is -0.131. The Bertz CT molecular complexity index is 553. The lowest BCUT2D eigenvalue weighted by Gasteiger charge is -2.08. The maximum absolute atomic E-state index is 13.6. The summed E-state index contributed by atoms with van der Waals surface area (Å²) in [5.41, 5.74) is 0.872. The fraction of sp³-hybridized carbons (Fsp3) is 0.286. The molecule has 0 saturated heterocycles. The molecule has 1 aromatic rings. The third kappa shape index (κ3) is 4.38. The molecule has 2 rings (SSSR count). The minimum absolute atomic E-state index is 0.0547. The second kappa shape index (κ2) is 6.18. The second-order valence-corrected chi connectivity index (χ2v) is 4.62. The maximum Gasteiger partial charge on any atom is 0.328 e. The summed E-state index contributed by atoms with van der Waals surface area (Å²) >= 11 is 0. The summed E-state index contributed by atoms with van der Waals surface area (Å²) in [7, 11) is 0. The molecule has 5 nitrogen and oxygen atoms in total. The molecule has 0 unspecified atom stereocenters. The third-order valence-electron chi connectivity index (χ3n) is 2.84. The van der Waals surface area contributed by atoms with E-state index in [0.29, 0.717) is 11.1 Å². The Hall–Kier alpha value is -2.37. The lowest BCUT2D eigenvalue weighted by atomic mass is 10.1. The predicted octanol–water partition coefficient (Wildman–Crippen LogP) is 1.89. The highest BCUT2D eigenvalue weighted by atomic mass is 19.1. The van der Waals surface area contributed by atoms with Gasteiger partial charge in [-0.3, -0.25) is 0 Å². The largest absolute Gasteiger partial charge is 0.478 e. The maximum atomic E-state index is 13.6. The van der Waals surface area contributed by atoms with Crippen LogP contribution < -0.4 is 10.6 Å². The highest BCUT2D eigenvalue weighted by Gasteiger charge is 2.22. The highest BCUT2D eigenvalue weighted by molar-refractivity contribution is 5.85. The molecule has 0 bridgehead atoms. The summed E-state index contributed by atoms with van der Waals surface area (Å²) in [4.78, 5) is 21.9. The number of nitrogens with one attached hydrogen (secondary N) is 2. The Balaban J connectivity index is 1.96. The van der Waals surface area contributed by atoms with E-state index >= 15 is 0 Å². The first-order valence-corrected chi connectivity index (χ1v) is 6.28. The summed E-state index contributed by atoms with van der Waals surface area (Å²) < 4.78 is 13.6. The van der Waals surface area contributed by atoms with Gasteiger partial charge in [-0.05, 0) is 36.6 Å². The molecule has 20 heavy (non-hydrogen) atoms. The number of hydrogen-bond acceptors (Lipinski definition) is 2. The molecule has 3 N–H and O–H groups in total. The first-order chi connectivity index (χ1) is 9.54. The number of carboxylic acid groups (broad SMARTS) is 1. The van der Waals surface area contributed by atoms with E-state index in [2.05, 4.69) is 10.6 Å². The number of benzene rings is 1. The zero-order chi connectivity index (χ0) is 14.5. The number of carbonyl (C=O) groups is 2. The van der Waals surface area contributed by atoms with Gasteiger partial charge in [-0.1, -0.05) is 6.07 Å². The van der Waals surface area contributed by atoms with E-state index in [-0.39, 0.29) is 18.6 Å². The van der Waals surface area contributed by atoms with Crippen molar-refractivity contribution in [2.45, 2.75) is 25.4 Å². The Kier molecular flexibility index (Phi) is 4.34. The zero-order valence-corrected chi connectivity index (χ0v) is 10.7. The van der Waals surface area contributed by atoms with Crippen LogP contribution in [0, 0.1) is 5.82 Å². The van der Waals surface area contributed by atoms with Gasteiger partial charge in [-0.25, -0.2) is 14.0 Å². The number of halogens is 1. The van der Waals surface area contributed by atoms with Gasteiger partial charge in [0.1, 0.15) is 5.82 Å². The van der Waals surface area contributed by atoms with Crippen LogP contribution in [0.5, 0.6) is 0 Å². The minimum Gasteiger partial charge on any atom is -0.478 e. The van der Waals surface area contributed by atoms with Gasteiger partial charge in [-0.2, -0.15) is 0 Å². The number of carbonyl (C=O) groups excluding carboxylic acids is 1. The summed E-state index contributed by atoms with van der Waals surface area (Å²) in [5, 5.41) is 13.8. The van der Waals surface area contributed by atoms with Crippen LogP contribution >= 0.6 is 0 Å². The van der Waals surface area contributed by atoms with Crippen molar-refractivity contribution in [3.05, 3.63) is 41.2 Å². The van der Waals surface area contributed by atoms with Crippen molar-refractivity contribution in [3.8, 4) is 0 Å². The van der Waals surface area contributed by atoms with E-state index in [0.717, 1.165) is 18.9 Å². The van der Waals surface area contributed by atoms with Crippen LogP contribution in [-0.2, 0) is 11.3 Å². The number of aliphatic carboxylic acids is 1. The van der Waals surface area contributed by atoms with Crippen LogP contribution in [-0.4, -0.2) is 23.1 Å². The molecular formula is C14H15FN2O3. The number of urea groups is 1. The Morgan fingerprint density at radius 2 is 2.15 bits per heavy atom. The van der Waals surface area contributed by atoms with E-state index < -0.39 is 11.8 Å². The van der Waals surface area contributed by atoms with Crippen LogP contribution in [0.4, 0.5) is 9.18 Å². The molecule has 0 radical (unpaired) electrons. The van der Waals surface area contributed by atoms with Crippen LogP contribution in [0.2, 0.25) is 0 Å². The van der Waals surface area contributed by atoms with Crippen molar-refractivity contribution in [2.24, 2.45) is 0 Å². The van der Waals surface area contributed by atoms with Crippen LogP contribution in [0.15, 0.2) is 24.3 Å². The van der Waals surface area contributed by atoms with Gasteiger partial charge in [-0.15, -0.1) is 0 Å². The second-order valence-electron chi connectivity index (χ2n) is 4.62. The van der Waals surface area contributed by atoms with E-state index in [4.69, 9.17) is 5.11 Å². The molecule has 1 saturated carbocycles. The van der Waals surface area contributed by atoms with Crippen LogP contribution in [0.25, 0.3) is 6.08 Å².